The van der Waals surface area contributed by atoms with Crippen LogP contribution in [0.3, 0.4) is 0 Å². The second kappa shape index (κ2) is 7.52. The largest absolute Gasteiger partial charge is 0.237 e. The zero-order valence-electron chi connectivity index (χ0n) is 5.94. The zero-order valence-corrected chi connectivity index (χ0v) is 5.94. The van der Waals surface area contributed by atoms with Crippen molar-refractivity contribution in [2.45, 2.75) is 32.6 Å². The number of hydrogen-bond donors (Lipinski definition) is 0. The predicted octanol–water partition coefficient (Wildman–Crippen LogP) is 2.00. The zero-order chi connectivity index (χ0) is 6.95. The van der Waals surface area contributed by atoms with Gasteiger partial charge >= 0.3 is 0 Å². The Hall–Kier alpha value is -0.480. The van der Waals surface area contributed by atoms with Crippen LogP contribution in [0.4, 0.5) is 0 Å². The molecule has 9 heavy (non-hydrogen) atoms. The Balaban J connectivity index is 2.96. The monoisotopic (exact) mass is 125 g/mol. The van der Waals surface area contributed by atoms with E-state index in [0.717, 1.165) is 19.3 Å². The van der Waals surface area contributed by atoms with Gasteiger partial charge in [-0.05, 0) is 12.8 Å². The van der Waals surface area contributed by atoms with Gasteiger partial charge in [-0.3, -0.25) is 0 Å². The van der Waals surface area contributed by atoms with Crippen molar-refractivity contribution in [1.82, 2.24) is 0 Å². The van der Waals surface area contributed by atoms with Crippen LogP contribution >= 0.6 is 0 Å². The van der Waals surface area contributed by atoms with Crippen LogP contribution in [0, 0.1) is 11.8 Å². The van der Waals surface area contributed by atoms with E-state index >= 15 is 0 Å². The van der Waals surface area contributed by atoms with Crippen LogP contribution in [0.2, 0.25) is 0 Å². The van der Waals surface area contributed by atoms with Crippen molar-refractivity contribution < 1.29 is 5.11 Å². The quantitative estimate of drug-likeness (QED) is 0.406. The standard InChI is InChI=1S/C8H13O/c1-2-3-4-5-6-7-8-9/h2-3,6-8H2,1H3. The molecule has 0 N–H and O–H groups in total. The van der Waals surface area contributed by atoms with Crippen LogP contribution in [-0.4, -0.2) is 6.61 Å². The van der Waals surface area contributed by atoms with Crippen molar-refractivity contribution in [2.75, 3.05) is 6.61 Å². The Morgan fingerprint density at radius 2 is 1.89 bits per heavy atom. The molecule has 0 aromatic rings. The van der Waals surface area contributed by atoms with Crippen LogP contribution in [0.15, 0.2) is 0 Å². The van der Waals surface area contributed by atoms with Gasteiger partial charge in [-0.2, -0.15) is 0 Å². The molecular weight excluding hydrogens is 112 g/mol. The molecule has 0 saturated carbocycles. The van der Waals surface area contributed by atoms with Gasteiger partial charge < -0.3 is 0 Å². The SMILES string of the molecule is CCCC#CCCC[O]. The van der Waals surface area contributed by atoms with Crippen LogP contribution < -0.4 is 0 Å². The van der Waals surface area contributed by atoms with E-state index in [1.54, 1.807) is 0 Å². The molecule has 0 bridgehead atoms. The molecule has 1 radical (unpaired) electrons. The third kappa shape index (κ3) is 7.52. The summed E-state index contributed by atoms with van der Waals surface area (Å²) in [6, 6.07) is 0. The summed E-state index contributed by atoms with van der Waals surface area (Å²) in [4.78, 5) is 0. The molecule has 0 heterocycles. The molecule has 0 spiro atoms. The van der Waals surface area contributed by atoms with Crippen molar-refractivity contribution in [1.29, 1.82) is 0 Å². The first-order valence-electron chi connectivity index (χ1n) is 3.45. The molecule has 0 aromatic heterocycles. The van der Waals surface area contributed by atoms with E-state index in [9.17, 15) is 5.11 Å². The lowest BCUT2D eigenvalue weighted by molar-refractivity contribution is 0.190. The Morgan fingerprint density at radius 1 is 1.22 bits per heavy atom. The van der Waals surface area contributed by atoms with E-state index in [1.807, 2.05) is 0 Å². The Labute approximate surface area is 57.1 Å². The summed E-state index contributed by atoms with van der Waals surface area (Å²) < 4.78 is 0. The van der Waals surface area contributed by atoms with Crippen molar-refractivity contribution in [2.24, 2.45) is 0 Å². The molecule has 0 aliphatic heterocycles. The fraction of sp³-hybridized carbons (Fsp3) is 0.750. The van der Waals surface area contributed by atoms with Crippen molar-refractivity contribution in [3.63, 3.8) is 0 Å². The minimum absolute atomic E-state index is 0.0147. The smallest absolute Gasteiger partial charge is 0.0831 e. The highest BCUT2D eigenvalue weighted by atomic mass is 16.2. The lowest BCUT2D eigenvalue weighted by Gasteiger charge is -1.81. The first-order chi connectivity index (χ1) is 4.41. The molecule has 0 fully saturated rings. The van der Waals surface area contributed by atoms with Gasteiger partial charge in [0.2, 0.25) is 0 Å². The molecule has 51 valence electrons. The number of rotatable bonds is 3. The van der Waals surface area contributed by atoms with Gasteiger partial charge in [-0.1, -0.05) is 6.92 Å². The second-order valence-electron chi connectivity index (χ2n) is 1.91. The van der Waals surface area contributed by atoms with E-state index in [4.69, 9.17) is 0 Å². The normalized spacial score (nSPS) is 8.22. The number of unbranched alkanes of at least 4 members (excludes halogenated alkanes) is 2. The summed E-state index contributed by atoms with van der Waals surface area (Å²) in [5.41, 5.74) is 0. The fourth-order valence-electron chi connectivity index (χ4n) is 0.462. The summed E-state index contributed by atoms with van der Waals surface area (Å²) in [6.07, 6.45) is 3.57. The Morgan fingerprint density at radius 3 is 2.44 bits per heavy atom. The predicted molar refractivity (Wildman–Crippen MR) is 37.5 cm³/mol. The van der Waals surface area contributed by atoms with Crippen LogP contribution in [0.5, 0.6) is 0 Å². The summed E-state index contributed by atoms with van der Waals surface area (Å²) in [5, 5.41) is 9.89. The minimum atomic E-state index is 0.0147. The molecule has 0 amide bonds. The highest BCUT2D eigenvalue weighted by molar-refractivity contribution is 4.97. The summed E-state index contributed by atoms with van der Waals surface area (Å²) in [6.45, 7) is 2.11. The van der Waals surface area contributed by atoms with Gasteiger partial charge in [-0.25, -0.2) is 5.11 Å². The first kappa shape index (κ1) is 8.52. The average Bonchev–Trinajstić information content (AvgIpc) is 1.89. The molecule has 1 heteroatoms. The third-order valence-electron chi connectivity index (χ3n) is 0.946. The van der Waals surface area contributed by atoms with Gasteiger partial charge in [-0.15, -0.1) is 11.8 Å². The van der Waals surface area contributed by atoms with Crippen LogP contribution in [0.1, 0.15) is 32.6 Å². The molecule has 0 rings (SSSR count). The van der Waals surface area contributed by atoms with E-state index in [-0.39, 0.29) is 6.61 Å². The van der Waals surface area contributed by atoms with Gasteiger partial charge in [0.15, 0.2) is 0 Å². The molecule has 0 aliphatic carbocycles. The molecule has 0 aliphatic rings. The minimum Gasteiger partial charge on any atom is -0.237 e. The van der Waals surface area contributed by atoms with E-state index in [1.165, 1.54) is 0 Å². The van der Waals surface area contributed by atoms with Crippen LogP contribution in [0.25, 0.3) is 0 Å². The fourth-order valence-corrected chi connectivity index (χ4v) is 0.462. The van der Waals surface area contributed by atoms with E-state index in [2.05, 4.69) is 18.8 Å². The Kier molecular flexibility index (Phi) is 7.12. The highest BCUT2D eigenvalue weighted by Crippen LogP contribution is 1.86. The molecule has 1 nitrogen and oxygen atoms in total. The lowest BCUT2D eigenvalue weighted by atomic mass is 10.3. The first-order valence-corrected chi connectivity index (χ1v) is 3.45. The highest BCUT2D eigenvalue weighted by Gasteiger charge is 1.77. The lowest BCUT2D eigenvalue weighted by Crippen LogP contribution is -1.76. The van der Waals surface area contributed by atoms with Gasteiger partial charge in [0.1, 0.15) is 0 Å². The molecule has 0 aromatic carbocycles. The summed E-state index contributed by atoms with van der Waals surface area (Å²) >= 11 is 0. The van der Waals surface area contributed by atoms with Gasteiger partial charge in [0.25, 0.3) is 0 Å². The van der Waals surface area contributed by atoms with Gasteiger partial charge in [0.05, 0.1) is 6.61 Å². The van der Waals surface area contributed by atoms with E-state index < -0.39 is 0 Å². The third-order valence-corrected chi connectivity index (χ3v) is 0.946. The number of hydrogen-bond acceptors (Lipinski definition) is 0. The molecular formula is C8H13O. The molecule has 0 atom stereocenters. The summed E-state index contributed by atoms with van der Waals surface area (Å²) in [7, 11) is 0. The molecule has 0 unspecified atom stereocenters. The maximum Gasteiger partial charge on any atom is 0.0831 e. The maximum absolute atomic E-state index is 9.89. The van der Waals surface area contributed by atoms with Crippen molar-refractivity contribution in [3.05, 3.63) is 0 Å². The van der Waals surface area contributed by atoms with E-state index in [0.29, 0.717) is 6.42 Å². The van der Waals surface area contributed by atoms with Crippen LogP contribution in [-0.2, 0) is 5.11 Å². The molecule has 0 saturated heterocycles. The van der Waals surface area contributed by atoms with Gasteiger partial charge in [0, 0.05) is 12.8 Å². The van der Waals surface area contributed by atoms with Crippen molar-refractivity contribution >= 4 is 0 Å². The Bertz CT molecular complexity index is 96.9. The topological polar surface area (TPSA) is 19.9 Å². The second-order valence-corrected chi connectivity index (χ2v) is 1.91. The summed E-state index contributed by atoms with van der Waals surface area (Å²) in [5.74, 6) is 5.92. The maximum atomic E-state index is 9.89. The average molecular weight is 125 g/mol. The van der Waals surface area contributed by atoms with Crippen molar-refractivity contribution in [3.8, 4) is 11.8 Å².